The van der Waals surface area contributed by atoms with Gasteiger partial charge in [-0.15, -0.1) is 0 Å². The lowest BCUT2D eigenvalue weighted by Crippen LogP contribution is -2.26. The summed E-state index contributed by atoms with van der Waals surface area (Å²) in [6.07, 6.45) is 1.99. The highest BCUT2D eigenvalue weighted by Gasteiger charge is 2.14. The molecule has 2 rings (SSSR count). The van der Waals surface area contributed by atoms with Gasteiger partial charge in [-0.05, 0) is 17.7 Å². The van der Waals surface area contributed by atoms with Gasteiger partial charge in [0.2, 0.25) is 0 Å². The van der Waals surface area contributed by atoms with Crippen LogP contribution in [0.25, 0.3) is 0 Å². The molecule has 0 saturated heterocycles. The predicted octanol–water partition coefficient (Wildman–Crippen LogP) is 1.42. The van der Waals surface area contributed by atoms with Crippen LogP contribution in [0.5, 0.6) is 0 Å². The molecule has 108 valence electrons. The fourth-order valence-corrected chi connectivity index (χ4v) is 1.90. The van der Waals surface area contributed by atoms with Gasteiger partial charge < -0.3 is 10.0 Å². The van der Waals surface area contributed by atoms with Crippen molar-refractivity contribution in [3.63, 3.8) is 0 Å². The quantitative estimate of drug-likeness (QED) is 0.834. The molecule has 0 saturated carbocycles. The minimum Gasteiger partial charge on any atom is -0.395 e. The number of hydrogen-bond donors (Lipinski definition) is 2. The number of nitrogens with zero attached hydrogens (tertiary/aromatic N) is 2. The summed E-state index contributed by atoms with van der Waals surface area (Å²) in [6.45, 7) is 0.509. The molecule has 2 N–H and O–H groups in total. The smallest absolute Gasteiger partial charge is 0.271 e. The Hall–Kier alpha value is -2.58. The zero-order valence-corrected chi connectivity index (χ0v) is 11.8. The summed E-state index contributed by atoms with van der Waals surface area (Å²) in [5.74, 6) is 5.81. The minimum absolute atomic E-state index is 0.0490. The number of aromatic amines is 1. The molecule has 0 radical (unpaired) electrons. The van der Waals surface area contributed by atoms with Crippen LogP contribution in [0, 0.1) is 11.8 Å². The molecule has 0 atom stereocenters. The lowest BCUT2D eigenvalue weighted by atomic mass is 10.1. The molecule has 1 heterocycles. The zero-order chi connectivity index (χ0) is 15.1. The van der Waals surface area contributed by atoms with Crippen LogP contribution in [0.2, 0.25) is 0 Å². The summed E-state index contributed by atoms with van der Waals surface area (Å²) in [6, 6.07) is 9.32. The molecule has 0 aliphatic rings. The zero-order valence-electron chi connectivity index (χ0n) is 11.8. The number of carbonyl (C=O) groups excluding carboxylic acids is 1. The monoisotopic (exact) mass is 283 g/mol. The van der Waals surface area contributed by atoms with Crippen LogP contribution in [0.1, 0.15) is 28.0 Å². The Morgan fingerprint density at radius 2 is 2.19 bits per heavy atom. The second-order valence-corrected chi connectivity index (χ2v) is 4.56. The van der Waals surface area contributed by atoms with E-state index in [0.717, 1.165) is 11.1 Å². The van der Waals surface area contributed by atoms with Gasteiger partial charge in [-0.1, -0.05) is 30.0 Å². The van der Waals surface area contributed by atoms with Gasteiger partial charge >= 0.3 is 0 Å². The fraction of sp³-hybridized carbons (Fsp3) is 0.250. The summed E-state index contributed by atoms with van der Waals surface area (Å²) in [4.78, 5) is 13.8. The van der Waals surface area contributed by atoms with Crippen LogP contribution in [0.4, 0.5) is 0 Å². The molecule has 2 aromatic rings. The van der Waals surface area contributed by atoms with E-state index < -0.39 is 0 Å². The second-order valence-electron chi connectivity index (χ2n) is 4.56. The number of rotatable bonds is 4. The Balaban J connectivity index is 2.12. The van der Waals surface area contributed by atoms with Gasteiger partial charge in [0, 0.05) is 31.8 Å². The highest BCUT2D eigenvalue weighted by atomic mass is 16.2. The maximum atomic E-state index is 12.2. The number of carbonyl (C=O) groups is 1. The molecular weight excluding hydrogens is 266 g/mol. The van der Waals surface area contributed by atoms with Crippen molar-refractivity contribution in [2.24, 2.45) is 0 Å². The molecule has 0 fully saturated rings. The van der Waals surface area contributed by atoms with E-state index in [1.807, 2.05) is 24.3 Å². The van der Waals surface area contributed by atoms with Gasteiger partial charge in [0.25, 0.3) is 5.91 Å². The Kier molecular flexibility index (Phi) is 5.13. The molecule has 1 amide bonds. The molecule has 1 aromatic carbocycles. The van der Waals surface area contributed by atoms with Crippen molar-refractivity contribution < 1.29 is 9.90 Å². The molecular formula is C16H17N3O2. The lowest BCUT2D eigenvalue weighted by Gasteiger charge is -2.17. The van der Waals surface area contributed by atoms with E-state index >= 15 is 0 Å². The Bertz CT molecular complexity index is 654. The van der Waals surface area contributed by atoms with Gasteiger partial charge in [0.1, 0.15) is 5.69 Å². The maximum absolute atomic E-state index is 12.2. The van der Waals surface area contributed by atoms with Crippen molar-refractivity contribution in [1.82, 2.24) is 15.1 Å². The third-order valence-corrected chi connectivity index (χ3v) is 2.96. The summed E-state index contributed by atoms with van der Waals surface area (Å²) in [7, 11) is 1.74. The van der Waals surface area contributed by atoms with Crippen LogP contribution in [0.3, 0.4) is 0 Å². The molecule has 0 aliphatic heterocycles. The second kappa shape index (κ2) is 7.27. The first-order chi connectivity index (χ1) is 10.2. The third kappa shape index (κ3) is 3.94. The normalized spacial score (nSPS) is 9.81. The van der Waals surface area contributed by atoms with E-state index in [9.17, 15) is 4.79 Å². The number of amides is 1. The average molecular weight is 283 g/mol. The largest absolute Gasteiger partial charge is 0.395 e. The average Bonchev–Trinajstić information content (AvgIpc) is 3.02. The summed E-state index contributed by atoms with van der Waals surface area (Å²) >= 11 is 0. The summed E-state index contributed by atoms with van der Waals surface area (Å²) in [5.41, 5.74) is 2.30. The van der Waals surface area contributed by atoms with Crippen molar-refractivity contribution in [2.75, 3.05) is 13.7 Å². The van der Waals surface area contributed by atoms with Crippen LogP contribution >= 0.6 is 0 Å². The molecule has 0 unspecified atom stereocenters. The molecule has 1 aromatic heterocycles. The van der Waals surface area contributed by atoms with Gasteiger partial charge in [-0.2, -0.15) is 5.10 Å². The topological polar surface area (TPSA) is 69.2 Å². The van der Waals surface area contributed by atoms with Crippen molar-refractivity contribution in [3.05, 3.63) is 53.3 Å². The molecule has 21 heavy (non-hydrogen) atoms. The van der Waals surface area contributed by atoms with E-state index in [2.05, 4.69) is 22.0 Å². The SMILES string of the molecule is CN(Cc1ccccc1C#CCCO)C(=O)c1ccn[nH]1. The summed E-state index contributed by atoms with van der Waals surface area (Å²) in [5, 5.41) is 15.2. The first kappa shape index (κ1) is 14.8. The first-order valence-electron chi connectivity index (χ1n) is 6.65. The Morgan fingerprint density at radius 1 is 1.38 bits per heavy atom. The maximum Gasteiger partial charge on any atom is 0.271 e. The fourth-order valence-electron chi connectivity index (χ4n) is 1.90. The van der Waals surface area contributed by atoms with Crippen LogP contribution in [0.15, 0.2) is 36.5 Å². The number of aliphatic hydroxyl groups is 1. The Morgan fingerprint density at radius 3 is 2.90 bits per heavy atom. The third-order valence-electron chi connectivity index (χ3n) is 2.96. The molecule has 0 aliphatic carbocycles. The van der Waals surface area contributed by atoms with E-state index in [1.165, 1.54) is 0 Å². The highest BCUT2D eigenvalue weighted by molar-refractivity contribution is 5.91. The molecule has 0 bridgehead atoms. The number of aromatic nitrogens is 2. The minimum atomic E-state index is -0.120. The van der Waals surface area contributed by atoms with E-state index in [-0.39, 0.29) is 12.5 Å². The number of hydrogen-bond acceptors (Lipinski definition) is 3. The van der Waals surface area contributed by atoms with Crippen LogP contribution < -0.4 is 0 Å². The highest BCUT2D eigenvalue weighted by Crippen LogP contribution is 2.11. The van der Waals surface area contributed by atoms with Gasteiger partial charge in [0.05, 0.1) is 6.61 Å². The van der Waals surface area contributed by atoms with Crippen LogP contribution in [-0.2, 0) is 6.54 Å². The molecule has 0 spiro atoms. The lowest BCUT2D eigenvalue weighted by molar-refractivity contribution is 0.0779. The number of benzene rings is 1. The number of nitrogens with one attached hydrogen (secondary N) is 1. The predicted molar refractivity (Wildman–Crippen MR) is 79.4 cm³/mol. The number of aliphatic hydroxyl groups excluding tert-OH is 1. The van der Waals surface area contributed by atoms with Crippen molar-refractivity contribution in [1.29, 1.82) is 0 Å². The van der Waals surface area contributed by atoms with Crippen molar-refractivity contribution in [2.45, 2.75) is 13.0 Å². The van der Waals surface area contributed by atoms with Crippen LogP contribution in [-0.4, -0.2) is 39.8 Å². The summed E-state index contributed by atoms with van der Waals surface area (Å²) < 4.78 is 0. The van der Waals surface area contributed by atoms with Gasteiger partial charge in [0.15, 0.2) is 0 Å². The Labute approximate surface area is 123 Å². The standard InChI is InChI=1S/C16H17N3O2/c1-19(16(21)15-9-10-17-18-15)12-14-8-3-2-6-13(14)7-4-5-11-20/h2-3,6,8-10,20H,5,11-12H2,1H3,(H,17,18). The first-order valence-corrected chi connectivity index (χ1v) is 6.65. The van der Waals surface area contributed by atoms with Crippen molar-refractivity contribution >= 4 is 5.91 Å². The molecule has 5 heteroatoms. The van der Waals surface area contributed by atoms with Gasteiger partial charge in [-0.3, -0.25) is 9.89 Å². The van der Waals surface area contributed by atoms with E-state index in [1.54, 1.807) is 24.2 Å². The number of H-pyrrole nitrogens is 1. The van der Waals surface area contributed by atoms with Gasteiger partial charge in [-0.25, -0.2) is 0 Å². The van der Waals surface area contributed by atoms with Crippen molar-refractivity contribution in [3.8, 4) is 11.8 Å². The molecule has 5 nitrogen and oxygen atoms in total. The van der Waals surface area contributed by atoms with E-state index in [4.69, 9.17) is 5.11 Å². The van der Waals surface area contributed by atoms with E-state index in [0.29, 0.717) is 18.7 Å².